The number of morpholine rings is 1. The Kier molecular flexibility index (Phi) is 3.61. The molecule has 2 heterocycles. The molecule has 0 atom stereocenters. The standard InChI is InChI=1S/C12H17N3OS2/c13-12(17)11-10(8-1-2-8)14-9(18-11)7-15-3-5-16-6-4-15/h8H,1-7H2,(H2,13,17). The van der Waals surface area contributed by atoms with E-state index in [1.54, 1.807) is 11.3 Å². The van der Waals surface area contributed by atoms with Gasteiger partial charge in [-0.05, 0) is 12.8 Å². The molecule has 1 aromatic heterocycles. The summed E-state index contributed by atoms with van der Waals surface area (Å²) in [6.45, 7) is 4.52. The van der Waals surface area contributed by atoms with E-state index in [0.717, 1.165) is 48.4 Å². The van der Waals surface area contributed by atoms with Crippen molar-refractivity contribution in [1.29, 1.82) is 0 Å². The van der Waals surface area contributed by atoms with Crippen LogP contribution in [0.5, 0.6) is 0 Å². The van der Waals surface area contributed by atoms with Crippen LogP contribution in [0.1, 0.15) is 34.3 Å². The molecule has 18 heavy (non-hydrogen) atoms. The lowest BCUT2D eigenvalue weighted by atomic mass is 10.2. The summed E-state index contributed by atoms with van der Waals surface area (Å²) in [5.74, 6) is 0.608. The number of hydrogen-bond donors (Lipinski definition) is 1. The van der Waals surface area contributed by atoms with Crippen LogP contribution in [0.15, 0.2) is 0 Å². The van der Waals surface area contributed by atoms with Crippen LogP contribution in [-0.4, -0.2) is 41.2 Å². The number of aromatic nitrogens is 1. The van der Waals surface area contributed by atoms with Crippen molar-refractivity contribution in [2.75, 3.05) is 26.3 Å². The summed E-state index contributed by atoms with van der Waals surface area (Å²) in [4.78, 5) is 8.67. The van der Waals surface area contributed by atoms with Gasteiger partial charge in [0.15, 0.2) is 0 Å². The number of ether oxygens (including phenoxy) is 1. The molecule has 0 bridgehead atoms. The minimum Gasteiger partial charge on any atom is -0.389 e. The highest BCUT2D eigenvalue weighted by molar-refractivity contribution is 7.81. The molecule has 1 aromatic rings. The van der Waals surface area contributed by atoms with E-state index < -0.39 is 0 Å². The van der Waals surface area contributed by atoms with Crippen LogP contribution in [-0.2, 0) is 11.3 Å². The Morgan fingerprint density at radius 1 is 1.44 bits per heavy atom. The molecule has 2 fully saturated rings. The second-order valence-corrected chi connectivity index (χ2v) is 6.37. The summed E-state index contributed by atoms with van der Waals surface area (Å²) < 4.78 is 5.35. The van der Waals surface area contributed by atoms with Gasteiger partial charge in [0, 0.05) is 19.0 Å². The van der Waals surface area contributed by atoms with E-state index in [1.165, 1.54) is 12.8 Å². The van der Waals surface area contributed by atoms with Gasteiger partial charge in [0.25, 0.3) is 0 Å². The average molecular weight is 283 g/mol. The lowest BCUT2D eigenvalue weighted by Crippen LogP contribution is -2.35. The summed E-state index contributed by atoms with van der Waals surface area (Å²) in [5.41, 5.74) is 6.94. The topological polar surface area (TPSA) is 51.4 Å². The normalized spacial score (nSPS) is 21.1. The van der Waals surface area contributed by atoms with Gasteiger partial charge in [-0.2, -0.15) is 0 Å². The molecule has 0 spiro atoms. The van der Waals surface area contributed by atoms with E-state index in [4.69, 9.17) is 27.7 Å². The van der Waals surface area contributed by atoms with Crippen LogP contribution in [0.4, 0.5) is 0 Å². The SMILES string of the molecule is NC(=S)c1sc(CN2CCOCC2)nc1C1CC1. The predicted octanol–water partition coefficient (Wildman–Crippen LogP) is 1.49. The van der Waals surface area contributed by atoms with Gasteiger partial charge < -0.3 is 10.5 Å². The van der Waals surface area contributed by atoms with Gasteiger partial charge >= 0.3 is 0 Å². The Morgan fingerprint density at radius 2 is 2.17 bits per heavy atom. The highest BCUT2D eigenvalue weighted by Crippen LogP contribution is 2.42. The number of hydrogen-bond acceptors (Lipinski definition) is 5. The molecule has 6 heteroatoms. The van der Waals surface area contributed by atoms with Crippen LogP contribution in [0.2, 0.25) is 0 Å². The highest BCUT2D eigenvalue weighted by Gasteiger charge is 2.30. The van der Waals surface area contributed by atoms with E-state index in [0.29, 0.717) is 10.9 Å². The largest absolute Gasteiger partial charge is 0.389 e. The van der Waals surface area contributed by atoms with Crippen LogP contribution in [0.25, 0.3) is 0 Å². The quantitative estimate of drug-likeness (QED) is 0.848. The van der Waals surface area contributed by atoms with Crippen LogP contribution >= 0.6 is 23.6 Å². The number of thiazole rings is 1. The third-order valence-corrected chi connectivity index (χ3v) is 4.77. The van der Waals surface area contributed by atoms with Crippen LogP contribution < -0.4 is 5.73 Å². The third kappa shape index (κ3) is 2.71. The Balaban J connectivity index is 1.75. The minimum absolute atomic E-state index is 0.502. The van der Waals surface area contributed by atoms with Gasteiger partial charge in [-0.15, -0.1) is 11.3 Å². The highest BCUT2D eigenvalue weighted by atomic mass is 32.1. The molecule has 4 nitrogen and oxygen atoms in total. The number of nitrogens with two attached hydrogens (primary N) is 1. The molecule has 0 amide bonds. The lowest BCUT2D eigenvalue weighted by molar-refractivity contribution is 0.0341. The monoisotopic (exact) mass is 283 g/mol. The molecular weight excluding hydrogens is 266 g/mol. The first-order valence-electron chi connectivity index (χ1n) is 6.33. The molecule has 1 aliphatic heterocycles. The maximum absolute atomic E-state index is 5.79. The van der Waals surface area contributed by atoms with Gasteiger partial charge in [0.05, 0.1) is 30.3 Å². The molecule has 1 aliphatic carbocycles. The van der Waals surface area contributed by atoms with Crippen molar-refractivity contribution in [2.45, 2.75) is 25.3 Å². The van der Waals surface area contributed by atoms with Crippen LogP contribution in [0.3, 0.4) is 0 Å². The number of rotatable bonds is 4. The van der Waals surface area contributed by atoms with E-state index in [1.807, 2.05) is 0 Å². The average Bonchev–Trinajstić information content (AvgIpc) is 3.12. The molecule has 1 saturated carbocycles. The van der Waals surface area contributed by atoms with E-state index in [9.17, 15) is 0 Å². The van der Waals surface area contributed by atoms with E-state index in [-0.39, 0.29) is 0 Å². The van der Waals surface area contributed by atoms with E-state index in [2.05, 4.69) is 4.90 Å². The summed E-state index contributed by atoms with van der Waals surface area (Å²) in [7, 11) is 0. The predicted molar refractivity (Wildman–Crippen MR) is 76.1 cm³/mol. The summed E-state index contributed by atoms with van der Waals surface area (Å²) in [6, 6.07) is 0. The Bertz CT molecular complexity index is 450. The molecule has 2 aliphatic rings. The maximum Gasteiger partial charge on any atom is 0.116 e. The van der Waals surface area contributed by atoms with Gasteiger partial charge in [0.2, 0.25) is 0 Å². The van der Waals surface area contributed by atoms with Gasteiger partial charge in [0.1, 0.15) is 10.00 Å². The lowest BCUT2D eigenvalue weighted by Gasteiger charge is -2.25. The molecule has 3 rings (SSSR count). The Morgan fingerprint density at radius 3 is 2.78 bits per heavy atom. The first-order valence-corrected chi connectivity index (χ1v) is 7.56. The van der Waals surface area contributed by atoms with Crippen molar-refractivity contribution < 1.29 is 4.74 Å². The van der Waals surface area contributed by atoms with Crippen molar-refractivity contribution in [3.63, 3.8) is 0 Å². The van der Waals surface area contributed by atoms with Gasteiger partial charge in [-0.3, -0.25) is 4.90 Å². The first kappa shape index (κ1) is 12.5. The molecule has 0 radical (unpaired) electrons. The fourth-order valence-corrected chi connectivity index (χ4v) is 3.48. The second-order valence-electron chi connectivity index (χ2n) is 4.85. The third-order valence-electron chi connectivity index (χ3n) is 3.35. The summed E-state index contributed by atoms with van der Waals surface area (Å²) in [5, 5.41) is 1.14. The zero-order valence-electron chi connectivity index (χ0n) is 10.2. The van der Waals surface area contributed by atoms with Crippen molar-refractivity contribution >= 4 is 28.5 Å². The van der Waals surface area contributed by atoms with Crippen molar-refractivity contribution in [3.05, 3.63) is 15.6 Å². The Labute approximate surface area is 116 Å². The van der Waals surface area contributed by atoms with Gasteiger partial charge in [-0.25, -0.2) is 4.98 Å². The number of nitrogens with zero attached hydrogens (tertiary/aromatic N) is 2. The molecule has 2 N–H and O–H groups in total. The Hall–Kier alpha value is -0.560. The van der Waals surface area contributed by atoms with Crippen LogP contribution in [0, 0.1) is 0 Å². The van der Waals surface area contributed by atoms with Crippen molar-refractivity contribution in [3.8, 4) is 0 Å². The summed E-state index contributed by atoms with van der Waals surface area (Å²) in [6.07, 6.45) is 2.46. The molecule has 0 aromatic carbocycles. The fraction of sp³-hybridized carbons (Fsp3) is 0.667. The maximum atomic E-state index is 5.79. The number of thiocarbonyl (C=S) groups is 1. The fourth-order valence-electron chi connectivity index (χ4n) is 2.21. The molecule has 0 unspecified atom stereocenters. The van der Waals surface area contributed by atoms with Crippen molar-refractivity contribution in [1.82, 2.24) is 9.88 Å². The van der Waals surface area contributed by atoms with E-state index >= 15 is 0 Å². The smallest absolute Gasteiger partial charge is 0.116 e. The summed E-state index contributed by atoms with van der Waals surface area (Å²) >= 11 is 6.80. The zero-order valence-corrected chi connectivity index (χ0v) is 11.9. The zero-order chi connectivity index (χ0) is 12.5. The second kappa shape index (κ2) is 5.21. The molecular formula is C12H17N3OS2. The van der Waals surface area contributed by atoms with Crippen molar-refractivity contribution in [2.24, 2.45) is 5.73 Å². The molecule has 1 saturated heterocycles. The minimum atomic E-state index is 0.502. The molecule has 98 valence electrons. The first-order chi connectivity index (χ1) is 8.74. The van der Waals surface area contributed by atoms with Gasteiger partial charge in [-0.1, -0.05) is 12.2 Å².